The van der Waals surface area contributed by atoms with Crippen LogP contribution in [-0.4, -0.2) is 46.0 Å². The van der Waals surface area contributed by atoms with Gasteiger partial charge in [0.2, 0.25) is 0 Å². The number of hydrogen-bond acceptors (Lipinski definition) is 5. The minimum Gasteiger partial charge on any atom is -0.469 e. The van der Waals surface area contributed by atoms with Crippen LogP contribution in [-0.2, 0) is 24.1 Å². The van der Waals surface area contributed by atoms with E-state index in [9.17, 15) is 26.4 Å². The van der Waals surface area contributed by atoms with Crippen LogP contribution < -0.4 is 0 Å². The first-order valence-corrected chi connectivity index (χ1v) is 7.38. The van der Waals surface area contributed by atoms with Crippen molar-refractivity contribution >= 4 is 15.8 Å². The number of halogens is 3. The average Bonchev–Trinajstić information content (AvgIpc) is 2.93. The van der Waals surface area contributed by atoms with Crippen LogP contribution in [0.15, 0.2) is 0 Å². The Bertz CT molecular complexity index is 425. The summed E-state index contributed by atoms with van der Waals surface area (Å²) in [5.41, 5.74) is -0.663. The number of esters is 1. The van der Waals surface area contributed by atoms with Crippen molar-refractivity contribution in [2.75, 3.05) is 25.2 Å². The molecule has 1 aliphatic rings. The normalized spacial score (nSPS) is 18.1. The number of methoxy groups -OCH3 is 1. The van der Waals surface area contributed by atoms with Crippen LogP contribution >= 0.6 is 0 Å². The van der Waals surface area contributed by atoms with E-state index in [1.165, 1.54) is 7.11 Å². The van der Waals surface area contributed by atoms with E-state index in [1.807, 2.05) is 0 Å². The summed E-state index contributed by atoms with van der Waals surface area (Å²) < 4.78 is 66.3. The Labute approximate surface area is 109 Å². The van der Waals surface area contributed by atoms with Gasteiger partial charge < -0.3 is 4.74 Å². The SMILES string of the molecule is COC(=O)CC1(CS(=O)(=O)CCOC(F)(F)F)CC1. The van der Waals surface area contributed by atoms with E-state index in [0.717, 1.165) is 0 Å². The van der Waals surface area contributed by atoms with Crippen molar-refractivity contribution in [2.45, 2.75) is 25.6 Å². The number of carbonyl (C=O) groups excluding carboxylic acids is 1. The predicted molar refractivity (Wildman–Crippen MR) is 59.0 cm³/mol. The van der Waals surface area contributed by atoms with Crippen LogP contribution in [0.3, 0.4) is 0 Å². The molecule has 19 heavy (non-hydrogen) atoms. The fourth-order valence-electron chi connectivity index (χ4n) is 1.75. The third-order valence-electron chi connectivity index (χ3n) is 2.89. The first-order valence-electron chi connectivity index (χ1n) is 5.55. The first kappa shape index (κ1) is 16.2. The van der Waals surface area contributed by atoms with Crippen LogP contribution in [0.2, 0.25) is 0 Å². The molecule has 0 unspecified atom stereocenters. The van der Waals surface area contributed by atoms with Crippen LogP contribution in [0.1, 0.15) is 19.3 Å². The van der Waals surface area contributed by atoms with Gasteiger partial charge in [-0.2, -0.15) is 0 Å². The van der Waals surface area contributed by atoms with Crippen LogP contribution in [0, 0.1) is 5.41 Å². The molecule has 0 spiro atoms. The van der Waals surface area contributed by atoms with Crippen molar-refractivity contribution in [1.82, 2.24) is 0 Å². The molecule has 1 aliphatic carbocycles. The molecule has 0 atom stereocenters. The molecule has 112 valence electrons. The summed E-state index contributed by atoms with van der Waals surface area (Å²) >= 11 is 0. The van der Waals surface area contributed by atoms with Crippen LogP contribution in [0.4, 0.5) is 13.2 Å². The van der Waals surface area contributed by atoms with E-state index in [0.29, 0.717) is 12.8 Å². The summed E-state index contributed by atoms with van der Waals surface area (Å²) in [6.07, 6.45) is -3.75. The second-order valence-corrected chi connectivity index (χ2v) is 6.82. The predicted octanol–water partition coefficient (Wildman–Crippen LogP) is 1.28. The van der Waals surface area contributed by atoms with Crippen molar-refractivity contribution in [3.63, 3.8) is 0 Å². The number of carbonyl (C=O) groups is 1. The van der Waals surface area contributed by atoms with Crippen LogP contribution in [0.5, 0.6) is 0 Å². The Kier molecular flexibility index (Phi) is 4.83. The molecule has 0 saturated heterocycles. The molecule has 1 fully saturated rings. The van der Waals surface area contributed by atoms with Gasteiger partial charge in [-0.1, -0.05) is 0 Å². The van der Waals surface area contributed by atoms with Crippen molar-refractivity contribution in [3.05, 3.63) is 0 Å². The van der Waals surface area contributed by atoms with Gasteiger partial charge in [0.15, 0.2) is 9.84 Å². The first-order chi connectivity index (χ1) is 8.58. The molecule has 0 amide bonds. The smallest absolute Gasteiger partial charge is 0.469 e. The van der Waals surface area contributed by atoms with E-state index in [2.05, 4.69) is 9.47 Å². The highest BCUT2D eigenvalue weighted by molar-refractivity contribution is 7.91. The quantitative estimate of drug-likeness (QED) is 0.663. The molecule has 9 heteroatoms. The lowest BCUT2D eigenvalue weighted by molar-refractivity contribution is -0.322. The Morgan fingerprint density at radius 3 is 2.32 bits per heavy atom. The topological polar surface area (TPSA) is 69.7 Å². The molecular formula is C10H15F3O5S. The maximum absolute atomic E-state index is 11.7. The Morgan fingerprint density at radius 2 is 1.89 bits per heavy atom. The summed E-state index contributed by atoms with van der Waals surface area (Å²) in [5, 5.41) is 0. The van der Waals surface area contributed by atoms with Crippen molar-refractivity contribution in [2.24, 2.45) is 5.41 Å². The lowest BCUT2D eigenvalue weighted by Gasteiger charge is -2.14. The van der Waals surface area contributed by atoms with Crippen molar-refractivity contribution in [1.29, 1.82) is 0 Å². The number of hydrogen-bond donors (Lipinski definition) is 0. The molecule has 0 aromatic rings. The summed E-state index contributed by atoms with van der Waals surface area (Å²) in [4.78, 5) is 11.1. The summed E-state index contributed by atoms with van der Waals surface area (Å²) in [6, 6.07) is 0. The molecule has 0 aliphatic heterocycles. The zero-order valence-corrected chi connectivity index (χ0v) is 11.1. The van der Waals surface area contributed by atoms with Gasteiger partial charge in [0, 0.05) is 0 Å². The molecule has 0 radical (unpaired) electrons. The third-order valence-corrected chi connectivity index (χ3v) is 4.73. The lowest BCUT2D eigenvalue weighted by atomic mass is 10.1. The molecular weight excluding hydrogens is 289 g/mol. The summed E-state index contributed by atoms with van der Waals surface area (Å²) in [7, 11) is -2.49. The number of sulfone groups is 1. The lowest BCUT2D eigenvalue weighted by Crippen LogP contribution is -2.26. The molecule has 0 bridgehead atoms. The Morgan fingerprint density at radius 1 is 1.32 bits per heavy atom. The molecule has 0 aromatic carbocycles. The van der Waals surface area contributed by atoms with Crippen LogP contribution in [0.25, 0.3) is 0 Å². The molecule has 0 aromatic heterocycles. The third kappa shape index (κ3) is 6.24. The van der Waals surface area contributed by atoms with E-state index in [-0.39, 0.29) is 12.2 Å². The van der Waals surface area contributed by atoms with Gasteiger partial charge in [0.1, 0.15) is 0 Å². The largest absolute Gasteiger partial charge is 0.522 e. The zero-order chi connectivity index (χ0) is 14.7. The molecule has 0 heterocycles. The van der Waals surface area contributed by atoms with Gasteiger partial charge in [0.05, 0.1) is 31.6 Å². The van der Waals surface area contributed by atoms with Gasteiger partial charge >= 0.3 is 12.3 Å². The standard InChI is InChI=1S/C10H15F3O5S/c1-17-8(14)6-9(2-3-9)7-19(15,16)5-4-18-10(11,12)13/h2-7H2,1H3. The highest BCUT2D eigenvalue weighted by atomic mass is 32.2. The minimum atomic E-state index is -4.83. The fraction of sp³-hybridized carbons (Fsp3) is 0.900. The highest BCUT2D eigenvalue weighted by Crippen LogP contribution is 2.50. The fourth-order valence-corrected chi connectivity index (χ4v) is 3.56. The van der Waals surface area contributed by atoms with E-state index in [1.54, 1.807) is 0 Å². The molecule has 0 N–H and O–H groups in total. The second kappa shape index (κ2) is 5.66. The number of rotatable bonds is 7. The average molecular weight is 304 g/mol. The Balaban J connectivity index is 2.44. The van der Waals surface area contributed by atoms with Gasteiger partial charge in [-0.25, -0.2) is 8.42 Å². The summed E-state index contributed by atoms with van der Waals surface area (Å²) in [6.45, 7) is -0.930. The van der Waals surface area contributed by atoms with Crippen molar-refractivity contribution < 1.29 is 35.9 Å². The highest BCUT2D eigenvalue weighted by Gasteiger charge is 2.47. The zero-order valence-electron chi connectivity index (χ0n) is 10.3. The Hall–Kier alpha value is -0.830. The van der Waals surface area contributed by atoms with Gasteiger partial charge in [-0.3, -0.25) is 9.53 Å². The second-order valence-electron chi connectivity index (χ2n) is 4.64. The van der Waals surface area contributed by atoms with Gasteiger partial charge in [-0.05, 0) is 18.3 Å². The maximum Gasteiger partial charge on any atom is 0.522 e. The molecule has 1 rings (SSSR count). The van der Waals surface area contributed by atoms with E-state index in [4.69, 9.17) is 0 Å². The van der Waals surface area contributed by atoms with Gasteiger partial charge in [0.25, 0.3) is 0 Å². The number of alkyl halides is 3. The molecule has 1 saturated carbocycles. The number of ether oxygens (including phenoxy) is 2. The monoisotopic (exact) mass is 304 g/mol. The van der Waals surface area contributed by atoms with E-state index < -0.39 is 39.9 Å². The summed E-state index contributed by atoms with van der Waals surface area (Å²) in [5.74, 6) is -1.54. The maximum atomic E-state index is 11.7. The molecule has 5 nitrogen and oxygen atoms in total. The van der Waals surface area contributed by atoms with E-state index >= 15 is 0 Å². The minimum absolute atomic E-state index is 0.0249. The van der Waals surface area contributed by atoms with Gasteiger partial charge in [-0.15, -0.1) is 13.2 Å². The van der Waals surface area contributed by atoms with Crippen molar-refractivity contribution in [3.8, 4) is 0 Å².